The van der Waals surface area contributed by atoms with Crippen molar-refractivity contribution in [3.63, 3.8) is 0 Å². The summed E-state index contributed by atoms with van der Waals surface area (Å²) in [6, 6.07) is 0. The first kappa shape index (κ1) is 13.7. The zero-order valence-electron chi connectivity index (χ0n) is 8.92. The molecule has 0 aliphatic carbocycles. The summed E-state index contributed by atoms with van der Waals surface area (Å²) >= 11 is 4.84. The number of alkyl carbamates (subject to hydrolysis) is 1. The number of rotatable bonds is 4. The van der Waals surface area contributed by atoms with Gasteiger partial charge in [-0.2, -0.15) is 0 Å². The lowest BCUT2D eigenvalue weighted by molar-refractivity contribution is -0.117. The maximum Gasteiger partial charge on any atom is 0.412 e. The van der Waals surface area contributed by atoms with Crippen LogP contribution in [0.2, 0.25) is 0 Å². The molecule has 0 aliphatic rings. The Morgan fingerprint density at radius 1 is 1.47 bits per heavy atom. The number of hydrogen-bond acceptors (Lipinski definition) is 5. The molecule has 1 amide bonds. The fourth-order valence-corrected chi connectivity index (χ4v) is 1.45. The molecule has 0 rings (SSSR count). The van der Waals surface area contributed by atoms with Gasteiger partial charge in [-0.3, -0.25) is 10.1 Å². The van der Waals surface area contributed by atoms with Crippen molar-refractivity contribution in [3.05, 3.63) is 0 Å². The number of carbonyl (C=O) groups excluding carboxylic acids is 2. The van der Waals surface area contributed by atoms with Crippen LogP contribution in [0, 0.1) is 11.3 Å². The molecule has 15 heavy (non-hydrogen) atoms. The van der Waals surface area contributed by atoms with E-state index in [2.05, 4.69) is 10.1 Å². The minimum atomic E-state index is -0.843. The molecule has 0 aromatic heterocycles. The summed E-state index contributed by atoms with van der Waals surface area (Å²) in [5, 5.41) is 9.61. The normalized spacial score (nSPS) is 11.4. The van der Waals surface area contributed by atoms with E-state index in [1.807, 2.05) is 0 Å². The first-order valence-corrected chi connectivity index (χ1v) is 4.84. The molecule has 84 valence electrons. The first-order valence-electron chi connectivity index (χ1n) is 4.43. The Bertz CT molecular complexity index is 288. The Balaban J connectivity index is 4.47. The average Bonchev–Trinajstić information content (AvgIpc) is 2.01. The number of carbonyl (C=O) groups is 2. The van der Waals surface area contributed by atoms with Crippen molar-refractivity contribution in [2.75, 3.05) is 6.61 Å². The summed E-state index contributed by atoms with van der Waals surface area (Å²) in [7, 11) is 0. The van der Waals surface area contributed by atoms with Gasteiger partial charge in [0.05, 0.1) is 6.61 Å². The fraction of sp³-hybridized carbons (Fsp3) is 0.556. The van der Waals surface area contributed by atoms with E-state index >= 15 is 0 Å². The van der Waals surface area contributed by atoms with Gasteiger partial charge in [0.2, 0.25) is 0 Å². The van der Waals surface area contributed by atoms with Crippen LogP contribution in [0.4, 0.5) is 4.79 Å². The van der Waals surface area contributed by atoms with Crippen LogP contribution in [-0.4, -0.2) is 29.2 Å². The van der Waals surface area contributed by atoms with Gasteiger partial charge in [0.25, 0.3) is 0 Å². The molecule has 0 aromatic carbocycles. The Labute approximate surface area is 93.7 Å². The van der Waals surface area contributed by atoms with Crippen LogP contribution in [0.15, 0.2) is 0 Å². The van der Waals surface area contributed by atoms with Crippen LogP contribution in [0.25, 0.3) is 0 Å². The molecule has 0 saturated carbocycles. The second kappa shape index (κ2) is 6.23. The molecule has 1 atom stereocenters. The molecule has 0 heterocycles. The third kappa shape index (κ3) is 4.64. The van der Waals surface area contributed by atoms with Gasteiger partial charge in [-0.25, -0.2) is 4.79 Å². The zero-order chi connectivity index (χ0) is 12.0. The minimum absolute atomic E-state index is 0.00782. The topological polar surface area (TPSA) is 79.2 Å². The van der Waals surface area contributed by atoms with Gasteiger partial charge in [-0.15, -0.1) is 0 Å². The second-order valence-corrected chi connectivity index (χ2v) is 3.38. The Morgan fingerprint density at radius 3 is 2.33 bits per heavy atom. The lowest BCUT2D eigenvalue weighted by Crippen LogP contribution is -2.40. The van der Waals surface area contributed by atoms with E-state index < -0.39 is 12.0 Å². The molecule has 0 saturated heterocycles. The molecular formula is C9H14N2O3S. The van der Waals surface area contributed by atoms with E-state index in [1.54, 1.807) is 6.92 Å². The van der Waals surface area contributed by atoms with Crippen LogP contribution < -0.4 is 5.32 Å². The number of hydrogen-bond donors (Lipinski definition) is 2. The van der Waals surface area contributed by atoms with Gasteiger partial charge in [-0.1, -0.05) is 12.2 Å². The Hall–Kier alpha value is -1.30. The highest BCUT2D eigenvalue weighted by Gasteiger charge is 2.23. The minimum Gasteiger partial charge on any atom is -0.450 e. The van der Waals surface area contributed by atoms with Crippen LogP contribution in [0.3, 0.4) is 0 Å². The van der Waals surface area contributed by atoms with E-state index in [0.717, 1.165) is 0 Å². The monoisotopic (exact) mass is 230 g/mol. The van der Waals surface area contributed by atoms with Crippen molar-refractivity contribution in [1.82, 2.24) is 5.32 Å². The lowest BCUT2D eigenvalue weighted by atomic mass is 10.0. The summed E-state index contributed by atoms with van der Waals surface area (Å²) in [5.41, 5.74) is 0.101. The van der Waals surface area contributed by atoms with Gasteiger partial charge in [0.15, 0.2) is 0 Å². The maximum absolute atomic E-state index is 11.1. The molecule has 0 aliphatic heterocycles. The molecule has 6 heteroatoms. The summed E-state index contributed by atoms with van der Waals surface area (Å²) in [6.45, 7) is 4.67. The number of Topliss-reactive ketones (excluding diaryl/α,β-unsaturated/α-hetero) is 1. The standard InChI is InChI=1S/C9H14N2O3S/c1-4-14-9(13)11-8(15)7(5(2)10)6(3)12/h7,10H,4H2,1-3H3,(H,11,13,15). The van der Waals surface area contributed by atoms with Gasteiger partial charge in [0, 0.05) is 5.71 Å². The van der Waals surface area contributed by atoms with E-state index in [0.29, 0.717) is 0 Å². The molecule has 0 bridgehead atoms. The number of nitrogens with one attached hydrogen (secondary N) is 2. The quantitative estimate of drug-likeness (QED) is 0.563. The number of ketones is 1. The fourth-order valence-electron chi connectivity index (χ4n) is 1.03. The summed E-state index contributed by atoms with van der Waals surface area (Å²) in [5.74, 6) is -1.12. The van der Waals surface area contributed by atoms with Crippen molar-refractivity contribution >= 4 is 34.8 Å². The number of thiocarbonyl (C=S) groups is 1. The Kier molecular flexibility index (Phi) is 5.69. The maximum atomic E-state index is 11.1. The van der Waals surface area contributed by atoms with Crippen LogP contribution in [-0.2, 0) is 9.53 Å². The highest BCUT2D eigenvalue weighted by atomic mass is 32.1. The van der Waals surface area contributed by atoms with Gasteiger partial charge >= 0.3 is 6.09 Å². The number of ether oxygens (including phenoxy) is 1. The molecule has 1 unspecified atom stereocenters. The number of amides is 1. The lowest BCUT2D eigenvalue weighted by Gasteiger charge is -2.14. The van der Waals surface area contributed by atoms with E-state index in [1.165, 1.54) is 13.8 Å². The summed E-state index contributed by atoms with van der Waals surface area (Å²) in [4.78, 5) is 22.2. The molecule has 0 radical (unpaired) electrons. The third-order valence-electron chi connectivity index (χ3n) is 1.60. The predicted octanol–water partition coefficient (Wildman–Crippen LogP) is 1.30. The van der Waals surface area contributed by atoms with Crippen molar-refractivity contribution in [2.24, 2.45) is 5.92 Å². The largest absolute Gasteiger partial charge is 0.450 e. The smallest absolute Gasteiger partial charge is 0.412 e. The predicted molar refractivity (Wildman–Crippen MR) is 60.3 cm³/mol. The molecule has 2 N–H and O–H groups in total. The van der Waals surface area contributed by atoms with E-state index in [9.17, 15) is 9.59 Å². The Morgan fingerprint density at radius 2 is 2.00 bits per heavy atom. The first-order chi connectivity index (χ1) is 6.90. The van der Waals surface area contributed by atoms with Gasteiger partial charge < -0.3 is 10.1 Å². The molecule has 0 fully saturated rings. The molecule has 0 spiro atoms. The average molecular weight is 230 g/mol. The highest BCUT2D eigenvalue weighted by molar-refractivity contribution is 7.80. The van der Waals surface area contributed by atoms with Gasteiger partial charge in [0.1, 0.15) is 16.7 Å². The van der Waals surface area contributed by atoms with E-state index in [4.69, 9.17) is 17.6 Å². The second-order valence-electron chi connectivity index (χ2n) is 2.94. The van der Waals surface area contributed by atoms with Crippen molar-refractivity contribution < 1.29 is 14.3 Å². The summed E-state index contributed by atoms with van der Waals surface area (Å²) < 4.78 is 4.60. The van der Waals surface area contributed by atoms with Crippen molar-refractivity contribution in [1.29, 1.82) is 5.41 Å². The van der Waals surface area contributed by atoms with Crippen molar-refractivity contribution in [2.45, 2.75) is 20.8 Å². The molecule has 5 nitrogen and oxygen atoms in total. The van der Waals surface area contributed by atoms with Crippen LogP contribution in [0.1, 0.15) is 20.8 Å². The van der Waals surface area contributed by atoms with Gasteiger partial charge in [-0.05, 0) is 20.8 Å². The third-order valence-corrected chi connectivity index (χ3v) is 1.94. The van der Waals surface area contributed by atoms with E-state index in [-0.39, 0.29) is 23.1 Å². The van der Waals surface area contributed by atoms with Crippen molar-refractivity contribution in [3.8, 4) is 0 Å². The van der Waals surface area contributed by atoms with Crippen LogP contribution in [0.5, 0.6) is 0 Å². The zero-order valence-corrected chi connectivity index (χ0v) is 9.73. The molecule has 0 aromatic rings. The summed E-state index contributed by atoms with van der Waals surface area (Å²) in [6.07, 6.45) is -0.699. The molecular weight excluding hydrogens is 216 g/mol. The SMILES string of the molecule is CCOC(=O)NC(=S)C(C(C)=N)C(C)=O. The highest BCUT2D eigenvalue weighted by Crippen LogP contribution is 2.03. The van der Waals surface area contributed by atoms with Crippen LogP contribution >= 0.6 is 12.2 Å².